The first-order valence-corrected chi connectivity index (χ1v) is 4.74. The highest BCUT2D eigenvalue weighted by Crippen LogP contribution is 2.35. The SMILES string of the molecule is Cc1ccc2c(c1N=[N+]=[N-])NCCC2. The van der Waals surface area contributed by atoms with E-state index in [2.05, 4.69) is 21.4 Å². The smallest absolute Gasteiger partial charge is 0.0638 e. The molecule has 1 aliphatic heterocycles. The Balaban J connectivity index is 2.60. The third kappa shape index (κ3) is 1.40. The zero-order valence-electron chi connectivity index (χ0n) is 8.12. The Morgan fingerprint density at radius 3 is 3.14 bits per heavy atom. The lowest BCUT2D eigenvalue weighted by Crippen LogP contribution is -2.11. The van der Waals surface area contributed by atoms with Gasteiger partial charge in [0.1, 0.15) is 0 Å². The van der Waals surface area contributed by atoms with Gasteiger partial charge in [0.2, 0.25) is 0 Å². The summed E-state index contributed by atoms with van der Waals surface area (Å²) in [6.07, 6.45) is 2.21. The molecule has 0 atom stereocenters. The van der Waals surface area contributed by atoms with Crippen molar-refractivity contribution in [2.45, 2.75) is 19.8 Å². The fourth-order valence-corrected chi connectivity index (χ4v) is 1.81. The van der Waals surface area contributed by atoms with Crippen LogP contribution < -0.4 is 5.32 Å². The first kappa shape index (κ1) is 8.91. The summed E-state index contributed by atoms with van der Waals surface area (Å²) < 4.78 is 0. The van der Waals surface area contributed by atoms with Crippen LogP contribution in [-0.4, -0.2) is 6.54 Å². The number of fused-ring (bicyclic) bond motifs is 1. The van der Waals surface area contributed by atoms with E-state index in [9.17, 15) is 0 Å². The molecular formula is C10H12N4. The molecule has 1 aliphatic rings. The normalized spacial score (nSPS) is 13.8. The number of nitrogens with one attached hydrogen (secondary N) is 1. The van der Waals surface area contributed by atoms with E-state index in [1.54, 1.807) is 0 Å². The summed E-state index contributed by atoms with van der Waals surface area (Å²) in [6.45, 7) is 2.92. The summed E-state index contributed by atoms with van der Waals surface area (Å²) in [7, 11) is 0. The van der Waals surface area contributed by atoms with Crippen LogP contribution in [0, 0.1) is 6.92 Å². The minimum Gasteiger partial charge on any atom is -0.384 e. The lowest BCUT2D eigenvalue weighted by atomic mass is 10.00. The van der Waals surface area contributed by atoms with Crippen LogP contribution in [0.1, 0.15) is 17.5 Å². The van der Waals surface area contributed by atoms with E-state index >= 15 is 0 Å². The molecule has 0 spiro atoms. The molecule has 1 aromatic rings. The number of anilines is 1. The first-order valence-electron chi connectivity index (χ1n) is 4.74. The van der Waals surface area contributed by atoms with E-state index < -0.39 is 0 Å². The summed E-state index contributed by atoms with van der Waals surface area (Å²) in [6, 6.07) is 4.11. The van der Waals surface area contributed by atoms with Gasteiger partial charge in [-0.3, -0.25) is 0 Å². The highest BCUT2D eigenvalue weighted by Gasteiger charge is 2.12. The lowest BCUT2D eigenvalue weighted by molar-refractivity contribution is 0.829. The monoisotopic (exact) mass is 188 g/mol. The van der Waals surface area contributed by atoms with Gasteiger partial charge in [0.05, 0.1) is 5.69 Å². The summed E-state index contributed by atoms with van der Waals surface area (Å²) in [5.41, 5.74) is 12.5. The topological polar surface area (TPSA) is 60.8 Å². The maximum Gasteiger partial charge on any atom is 0.0638 e. The molecule has 4 nitrogen and oxygen atoms in total. The van der Waals surface area contributed by atoms with E-state index in [1.165, 1.54) is 5.56 Å². The molecule has 0 unspecified atom stereocenters. The average Bonchev–Trinajstić information content (AvgIpc) is 2.23. The van der Waals surface area contributed by atoms with Crippen LogP contribution >= 0.6 is 0 Å². The predicted molar refractivity (Wildman–Crippen MR) is 56.8 cm³/mol. The molecule has 0 aliphatic carbocycles. The molecule has 1 heterocycles. The van der Waals surface area contributed by atoms with Crippen molar-refractivity contribution in [1.82, 2.24) is 0 Å². The quantitative estimate of drug-likeness (QED) is 0.410. The molecule has 0 saturated carbocycles. The number of benzene rings is 1. The van der Waals surface area contributed by atoms with Crippen molar-refractivity contribution >= 4 is 11.4 Å². The maximum atomic E-state index is 8.48. The Morgan fingerprint density at radius 1 is 1.50 bits per heavy atom. The van der Waals surface area contributed by atoms with Gasteiger partial charge >= 0.3 is 0 Å². The summed E-state index contributed by atoms with van der Waals surface area (Å²) in [5.74, 6) is 0. The van der Waals surface area contributed by atoms with Crippen LogP contribution in [0.3, 0.4) is 0 Å². The molecule has 4 heteroatoms. The number of aryl methyl sites for hydroxylation is 2. The van der Waals surface area contributed by atoms with Gasteiger partial charge in [-0.2, -0.15) is 0 Å². The van der Waals surface area contributed by atoms with Gasteiger partial charge in [-0.15, -0.1) is 0 Å². The summed E-state index contributed by atoms with van der Waals surface area (Å²) in [4.78, 5) is 2.86. The molecular weight excluding hydrogens is 176 g/mol. The molecule has 72 valence electrons. The second-order valence-electron chi connectivity index (χ2n) is 3.48. The lowest BCUT2D eigenvalue weighted by Gasteiger charge is -2.20. The molecule has 14 heavy (non-hydrogen) atoms. The van der Waals surface area contributed by atoms with Crippen LogP contribution in [-0.2, 0) is 6.42 Å². The van der Waals surface area contributed by atoms with Gasteiger partial charge in [-0.05, 0) is 36.4 Å². The van der Waals surface area contributed by atoms with Crippen LogP contribution in [0.4, 0.5) is 11.4 Å². The zero-order chi connectivity index (χ0) is 9.97. The molecule has 0 amide bonds. The van der Waals surface area contributed by atoms with E-state index in [0.29, 0.717) is 0 Å². The number of hydrogen-bond acceptors (Lipinski definition) is 2. The highest BCUT2D eigenvalue weighted by atomic mass is 15.1. The molecule has 0 radical (unpaired) electrons. The van der Waals surface area contributed by atoms with Gasteiger partial charge in [0.15, 0.2) is 0 Å². The Morgan fingerprint density at radius 2 is 2.36 bits per heavy atom. The van der Waals surface area contributed by atoms with Crippen LogP contribution in [0.5, 0.6) is 0 Å². The van der Waals surface area contributed by atoms with Gasteiger partial charge < -0.3 is 5.32 Å². The largest absolute Gasteiger partial charge is 0.384 e. The average molecular weight is 188 g/mol. The van der Waals surface area contributed by atoms with Crippen LogP contribution in [0.2, 0.25) is 0 Å². The van der Waals surface area contributed by atoms with Gasteiger partial charge in [-0.25, -0.2) is 0 Å². The van der Waals surface area contributed by atoms with Crippen molar-refractivity contribution in [3.8, 4) is 0 Å². The second-order valence-corrected chi connectivity index (χ2v) is 3.48. The van der Waals surface area contributed by atoms with Crippen molar-refractivity contribution < 1.29 is 0 Å². The summed E-state index contributed by atoms with van der Waals surface area (Å²) in [5, 5.41) is 7.03. The van der Waals surface area contributed by atoms with E-state index in [0.717, 1.165) is 36.3 Å². The Kier molecular flexibility index (Phi) is 2.29. The summed E-state index contributed by atoms with van der Waals surface area (Å²) >= 11 is 0. The standard InChI is InChI=1S/C10H12N4/c1-7-4-5-8-3-2-6-12-10(8)9(7)13-14-11/h4-5,12H,2-3,6H2,1H3. The van der Waals surface area contributed by atoms with Crippen molar-refractivity contribution in [3.63, 3.8) is 0 Å². The van der Waals surface area contributed by atoms with Crippen LogP contribution in [0.15, 0.2) is 17.2 Å². The Hall–Kier alpha value is -1.67. The van der Waals surface area contributed by atoms with Crippen LogP contribution in [0.25, 0.3) is 10.4 Å². The van der Waals surface area contributed by atoms with Crippen molar-refractivity contribution in [3.05, 3.63) is 33.7 Å². The zero-order valence-corrected chi connectivity index (χ0v) is 8.12. The molecule has 0 bridgehead atoms. The minimum absolute atomic E-state index is 0.754. The van der Waals surface area contributed by atoms with Crippen molar-refractivity contribution in [2.24, 2.45) is 5.11 Å². The molecule has 0 saturated heterocycles. The molecule has 1 N–H and O–H groups in total. The van der Waals surface area contributed by atoms with Gasteiger partial charge in [0, 0.05) is 17.1 Å². The molecule has 0 aromatic heterocycles. The number of azide groups is 1. The van der Waals surface area contributed by atoms with E-state index in [-0.39, 0.29) is 0 Å². The van der Waals surface area contributed by atoms with Gasteiger partial charge in [-0.1, -0.05) is 17.2 Å². The number of rotatable bonds is 1. The Labute approximate surface area is 82.6 Å². The minimum atomic E-state index is 0.754. The number of nitrogens with zero attached hydrogens (tertiary/aromatic N) is 3. The molecule has 0 fully saturated rings. The van der Waals surface area contributed by atoms with Crippen molar-refractivity contribution in [2.75, 3.05) is 11.9 Å². The third-order valence-corrected chi connectivity index (χ3v) is 2.54. The third-order valence-electron chi connectivity index (χ3n) is 2.54. The van der Waals surface area contributed by atoms with Gasteiger partial charge in [0.25, 0.3) is 0 Å². The van der Waals surface area contributed by atoms with E-state index in [4.69, 9.17) is 5.53 Å². The second kappa shape index (κ2) is 3.60. The molecule has 1 aromatic carbocycles. The predicted octanol–water partition coefficient (Wildman–Crippen LogP) is 3.29. The highest BCUT2D eigenvalue weighted by molar-refractivity contribution is 5.73. The maximum absolute atomic E-state index is 8.48. The Bertz CT molecular complexity index is 405. The fourth-order valence-electron chi connectivity index (χ4n) is 1.81. The first-order chi connectivity index (χ1) is 6.83. The van der Waals surface area contributed by atoms with E-state index in [1.807, 2.05) is 13.0 Å². The fraction of sp³-hybridized carbons (Fsp3) is 0.400. The molecule has 2 rings (SSSR count). The van der Waals surface area contributed by atoms with Crippen molar-refractivity contribution in [1.29, 1.82) is 0 Å². The number of hydrogen-bond donors (Lipinski definition) is 1.